The van der Waals surface area contributed by atoms with Crippen molar-refractivity contribution in [2.75, 3.05) is 0 Å². The topological polar surface area (TPSA) is 57.2 Å². The second-order valence-corrected chi connectivity index (χ2v) is 14.3. The summed E-state index contributed by atoms with van der Waals surface area (Å²) < 4.78 is 14.7. The zero-order valence-corrected chi connectivity index (χ0v) is 30.3. The Morgan fingerprint density at radius 2 is 0.911 bits per heavy atom. The van der Waals surface area contributed by atoms with E-state index in [-0.39, 0.29) is 0 Å². The zero-order chi connectivity index (χ0) is 37.0. The molecular formula is C51H33N3O2. The van der Waals surface area contributed by atoms with E-state index in [9.17, 15) is 0 Å². The van der Waals surface area contributed by atoms with Gasteiger partial charge in [-0.2, -0.15) is 0 Å². The van der Waals surface area contributed by atoms with Crippen molar-refractivity contribution in [1.82, 2.24) is 10.1 Å². The molecule has 56 heavy (non-hydrogen) atoms. The van der Waals surface area contributed by atoms with Crippen LogP contribution in [0.5, 0.6) is 0 Å². The first kappa shape index (κ1) is 32.0. The lowest BCUT2D eigenvalue weighted by Crippen LogP contribution is -2.40. The second kappa shape index (κ2) is 13.1. The number of fused-ring (bicyclic) bond motifs is 6. The molecular weight excluding hydrogens is 687 g/mol. The van der Waals surface area contributed by atoms with Crippen molar-refractivity contribution in [1.29, 1.82) is 0 Å². The third-order valence-electron chi connectivity index (χ3n) is 10.7. The fraction of sp³-hybridized carbons (Fsp3) is 0.0196. The summed E-state index contributed by atoms with van der Waals surface area (Å²) in [5.74, 6) is 1.41. The summed E-state index contributed by atoms with van der Waals surface area (Å²) >= 11 is 0. The molecule has 5 nitrogen and oxygen atoms in total. The molecule has 0 saturated heterocycles. The van der Waals surface area contributed by atoms with Crippen molar-refractivity contribution in [2.24, 2.45) is 0 Å². The minimum absolute atomic E-state index is 0.536. The molecule has 11 rings (SSSR count). The molecule has 5 heteroatoms. The molecule has 0 aliphatic heterocycles. The van der Waals surface area contributed by atoms with Crippen molar-refractivity contribution < 1.29 is 13.5 Å². The standard InChI is InChI=1S/C51H33N3O2/c1-3-12-34(13-4-1)37-17-10-18-38(28-37)36-16-9-11-33(27-36)32-54-51(41-23-26-47-45(29-41)42-19-7-8-20-46(42)55-47)52-50(53-54)40-22-25-44-43-24-21-39(35-14-5-2-6-15-35)30-48(43)56-49(44)31-40/h1-31H,32H2. The lowest BCUT2D eigenvalue weighted by Gasteiger charge is -2.10. The Balaban J connectivity index is 1.00. The Hall–Kier alpha value is -7.50. The van der Waals surface area contributed by atoms with Crippen molar-refractivity contribution in [2.45, 2.75) is 6.54 Å². The molecule has 0 fully saturated rings. The summed E-state index contributed by atoms with van der Waals surface area (Å²) in [7, 11) is 0. The quantitative estimate of drug-likeness (QED) is 0.154. The van der Waals surface area contributed by atoms with Crippen LogP contribution in [0.15, 0.2) is 197 Å². The fourth-order valence-corrected chi connectivity index (χ4v) is 7.91. The van der Waals surface area contributed by atoms with E-state index in [2.05, 4.69) is 158 Å². The average molecular weight is 720 g/mol. The molecule has 0 atom stereocenters. The van der Waals surface area contributed by atoms with Gasteiger partial charge in [-0.3, -0.25) is 9.78 Å². The Morgan fingerprint density at radius 3 is 1.68 bits per heavy atom. The summed E-state index contributed by atoms with van der Waals surface area (Å²) in [6.45, 7) is 0.536. The maximum atomic E-state index is 6.49. The second-order valence-electron chi connectivity index (χ2n) is 14.3. The molecule has 0 spiro atoms. The van der Waals surface area contributed by atoms with Gasteiger partial charge in [-0.25, -0.2) is 0 Å². The summed E-state index contributed by atoms with van der Waals surface area (Å²) in [5, 5.41) is 9.47. The first-order valence-electron chi connectivity index (χ1n) is 18.8. The molecule has 3 heterocycles. The van der Waals surface area contributed by atoms with Gasteiger partial charge in [0, 0.05) is 27.1 Å². The molecule has 0 bridgehead atoms. The summed E-state index contributed by atoms with van der Waals surface area (Å²) in [5.41, 5.74) is 13.3. The van der Waals surface area contributed by atoms with Crippen molar-refractivity contribution in [3.8, 4) is 56.2 Å². The van der Waals surface area contributed by atoms with Gasteiger partial charge >= 0.3 is 0 Å². The Kier molecular flexibility index (Phi) is 7.49. The van der Waals surface area contributed by atoms with Gasteiger partial charge in [0.1, 0.15) is 34.7 Å². The van der Waals surface area contributed by atoms with E-state index in [4.69, 9.17) is 18.9 Å². The highest BCUT2D eigenvalue weighted by Gasteiger charge is 2.15. The van der Waals surface area contributed by atoms with Gasteiger partial charge in [-0.1, -0.05) is 127 Å². The summed E-state index contributed by atoms with van der Waals surface area (Å²) in [4.78, 5) is 5.24. The number of para-hydroxylation sites is 1. The SMILES string of the molecule is c1ccc(-c2cccc(-c3cccc(C[n+]4[n-]c(-c5ccc6c(c5)oc5cc(-c7ccccc7)ccc56)nc4-c4ccc5oc6ccccc6c5c4)c3)c2)cc1. The van der Waals surface area contributed by atoms with Crippen LogP contribution in [0.1, 0.15) is 5.56 Å². The predicted molar refractivity (Wildman–Crippen MR) is 225 cm³/mol. The summed E-state index contributed by atoms with van der Waals surface area (Å²) in [6.07, 6.45) is 0. The molecule has 11 aromatic rings. The molecule has 0 radical (unpaired) electrons. The Bertz CT molecular complexity index is 3230. The zero-order valence-electron chi connectivity index (χ0n) is 30.3. The van der Waals surface area contributed by atoms with Gasteiger partial charge in [0.2, 0.25) is 0 Å². The molecule has 0 aliphatic carbocycles. The highest BCUT2D eigenvalue weighted by molar-refractivity contribution is 6.07. The fourth-order valence-electron chi connectivity index (χ4n) is 7.91. The van der Waals surface area contributed by atoms with E-state index < -0.39 is 0 Å². The molecule has 0 aliphatic rings. The van der Waals surface area contributed by atoms with E-state index in [1.807, 2.05) is 35.0 Å². The Labute approximate surface area is 322 Å². The van der Waals surface area contributed by atoms with Gasteiger partial charge < -0.3 is 13.8 Å². The molecule has 3 aromatic heterocycles. The van der Waals surface area contributed by atoms with Crippen LogP contribution in [0.3, 0.4) is 0 Å². The summed E-state index contributed by atoms with van der Waals surface area (Å²) in [6, 6.07) is 65.5. The maximum Gasteiger partial charge on any atom is 0.136 e. The first-order chi connectivity index (χ1) is 27.7. The lowest BCUT2D eigenvalue weighted by atomic mass is 9.98. The molecule has 0 unspecified atom stereocenters. The highest BCUT2D eigenvalue weighted by atomic mass is 16.3. The number of benzene rings is 8. The number of aromatic nitrogens is 3. The number of furan rings is 2. The molecule has 0 amide bonds. The van der Waals surface area contributed by atoms with E-state index in [0.717, 1.165) is 83.1 Å². The van der Waals surface area contributed by atoms with Crippen LogP contribution in [-0.2, 0) is 6.54 Å². The van der Waals surface area contributed by atoms with Gasteiger partial charge in [0.25, 0.3) is 0 Å². The monoisotopic (exact) mass is 719 g/mol. The minimum Gasteiger partial charge on any atom is -0.456 e. The van der Waals surface area contributed by atoms with Crippen molar-refractivity contribution in [3.05, 3.63) is 194 Å². The number of nitrogens with zero attached hydrogens (tertiary/aromatic N) is 3. The number of rotatable bonds is 7. The highest BCUT2D eigenvalue weighted by Crippen LogP contribution is 2.36. The maximum absolute atomic E-state index is 6.49. The van der Waals surface area contributed by atoms with Crippen molar-refractivity contribution >= 4 is 43.9 Å². The van der Waals surface area contributed by atoms with E-state index >= 15 is 0 Å². The third kappa shape index (κ3) is 5.65. The molecule has 0 saturated carbocycles. The van der Waals surface area contributed by atoms with E-state index in [0.29, 0.717) is 12.4 Å². The van der Waals surface area contributed by atoms with E-state index in [1.165, 1.54) is 16.7 Å². The molecule has 264 valence electrons. The third-order valence-corrected chi connectivity index (χ3v) is 10.7. The van der Waals surface area contributed by atoms with Crippen LogP contribution in [0.4, 0.5) is 0 Å². The van der Waals surface area contributed by atoms with Crippen LogP contribution < -0.4 is 9.78 Å². The van der Waals surface area contributed by atoms with Gasteiger partial charge in [0.15, 0.2) is 0 Å². The average Bonchev–Trinajstić information content (AvgIpc) is 3.97. The van der Waals surface area contributed by atoms with Crippen LogP contribution in [0, 0.1) is 0 Å². The van der Waals surface area contributed by atoms with Crippen LogP contribution in [0.25, 0.3) is 100 Å². The van der Waals surface area contributed by atoms with Crippen molar-refractivity contribution in [3.63, 3.8) is 0 Å². The minimum atomic E-state index is 0.536. The first-order valence-corrected chi connectivity index (χ1v) is 18.8. The van der Waals surface area contributed by atoms with E-state index in [1.54, 1.807) is 0 Å². The van der Waals surface area contributed by atoms with Crippen LogP contribution in [0.2, 0.25) is 0 Å². The van der Waals surface area contributed by atoms with Gasteiger partial charge in [0.05, 0.1) is 0 Å². The molecule has 8 aromatic carbocycles. The Morgan fingerprint density at radius 1 is 0.375 bits per heavy atom. The van der Waals surface area contributed by atoms with Gasteiger partial charge in [-0.05, 0) is 111 Å². The predicted octanol–water partition coefficient (Wildman–Crippen LogP) is 12.5. The normalized spacial score (nSPS) is 11.6. The van der Waals surface area contributed by atoms with Gasteiger partial charge in [-0.15, -0.1) is 0 Å². The number of hydrogen-bond donors (Lipinski definition) is 0. The lowest BCUT2D eigenvalue weighted by molar-refractivity contribution is -0.737. The van der Waals surface area contributed by atoms with Crippen LogP contribution >= 0.6 is 0 Å². The largest absolute Gasteiger partial charge is 0.456 e. The van der Waals surface area contributed by atoms with Crippen LogP contribution in [-0.4, -0.2) is 4.98 Å². The number of hydrogen-bond acceptors (Lipinski definition) is 3. The smallest absolute Gasteiger partial charge is 0.136 e. The molecule has 0 N–H and O–H groups in total.